The molecule has 1 unspecified atom stereocenters. The zero-order valence-corrected chi connectivity index (χ0v) is 20.2. The van der Waals surface area contributed by atoms with Crippen LogP contribution < -0.4 is 10.9 Å². The average molecular weight is 487 g/mol. The van der Waals surface area contributed by atoms with Crippen LogP contribution in [-0.2, 0) is 17.6 Å². The Balaban J connectivity index is 1.48. The molecule has 8 heteroatoms. The van der Waals surface area contributed by atoms with Crippen molar-refractivity contribution in [3.63, 3.8) is 0 Å². The molecule has 34 heavy (non-hydrogen) atoms. The van der Waals surface area contributed by atoms with Crippen molar-refractivity contribution in [2.75, 3.05) is 5.32 Å². The summed E-state index contributed by atoms with van der Waals surface area (Å²) in [4.78, 5) is 32.4. The molecule has 170 valence electrons. The quantitative estimate of drug-likeness (QED) is 0.305. The molecule has 0 spiro atoms. The minimum atomic E-state index is -0.534. The highest BCUT2D eigenvalue weighted by Crippen LogP contribution is 2.38. The predicted molar refractivity (Wildman–Crippen MR) is 137 cm³/mol. The highest BCUT2D eigenvalue weighted by molar-refractivity contribution is 8.00. The van der Waals surface area contributed by atoms with E-state index >= 15 is 0 Å². The zero-order chi connectivity index (χ0) is 23.7. The van der Waals surface area contributed by atoms with Crippen molar-refractivity contribution in [3.8, 4) is 11.8 Å². The second kappa shape index (κ2) is 9.45. The lowest BCUT2D eigenvalue weighted by atomic mass is 9.96. The Labute approximate surface area is 205 Å². The summed E-state index contributed by atoms with van der Waals surface area (Å²) in [6.07, 6.45) is 4.03. The van der Waals surface area contributed by atoms with E-state index in [1.165, 1.54) is 28.0 Å². The van der Waals surface area contributed by atoms with Gasteiger partial charge in [0.2, 0.25) is 5.91 Å². The number of hydrogen-bond acceptors (Lipinski definition) is 6. The molecule has 0 bridgehead atoms. The topological polar surface area (TPSA) is 87.8 Å². The van der Waals surface area contributed by atoms with Crippen LogP contribution in [0.2, 0.25) is 0 Å². The third-order valence-electron chi connectivity index (χ3n) is 5.93. The average Bonchev–Trinajstić information content (AvgIpc) is 3.21. The monoisotopic (exact) mass is 486 g/mol. The first-order valence-corrected chi connectivity index (χ1v) is 12.9. The smallest absolute Gasteiger partial charge is 0.266 e. The van der Waals surface area contributed by atoms with Crippen molar-refractivity contribution in [3.05, 3.63) is 81.0 Å². The third kappa shape index (κ3) is 4.13. The van der Waals surface area contributed by atoms with Crippen LogP contribution in [0.25, 0.3) is 16.6 Å². The molecule has 0 fully saturated rings. The lowest BCUT2D eigenvalue weighted by Gasteiger charge is -2.16. The maximum absolute atomic E-state index is 13.4. The molecule has 0 radical (unpaired) electrons. The third-order valence-corrected chi connectivity index (χ3v) is 8.19. The van der Waals surface area contributed by atoms with Gasteiger partial charge in [-0.05, 0) is 62.4 Å². The predicted octanol–water partition coefficient (Wildman–Crippen LogP) is 5.32. The Kier molecular flexibility index (Phi) is 6.22. The van der Waals surface area contributed by atoms with Gasteiger partial charge in [-0.25, -0.2) is 4.98 Å². The van der Waals surface area contributed by atoms with Gasteiger partial charge < -0.3 is 5.32 Å². The van der Waals surface area contributed by atoms with E-state index in [0.717, 1.165) is 31.2 Å². The Bertz CT molecular complexity index is 1480. The van der Waals surface area contributed by atoms with Gasteiger partial charge in [0.1, 0.15) is 11.1 Å². The summed E-state index contributed by atoms with van der Waals surface area (Å²) in [6.45, 7) is 1.79. The van der Waals surface area contributed by atoms with Crippen LogP contribution in [0, 0.1) is 11.3 Å². The normalized spacial score (nSPS) is 13.8. The number of carbonyl (C=O) groups excluding carboxylic acids is 1. The first kappa shape index (κ1) is 22.4. The second-order valence-corrected chi connectivity index (χ2v) is 10.6. The zero-order valence-electron chi connectivity index (χ0n) is 18.6. The van der Waals surface area contributed by atoms with E-state index in [0.29, 0.717) is 32.3 Å². The van der Waals surface area contributed by atoms with Gasteiger partial charge in [0.25, 0.3) is 5.56 Å². The number of aryl methyl sites for hydroxylation is 1. The molecule has 4 aromatic rings. The Hall–Kier alpha value is -3.41. The number of aromatic nitrogens is 2. The summed E-state index contributed by atoms with van der Waals surface area (Å²) in [5.74, 6) is -0.220. The number of carbonyl (C=O) groups is 1. The number of para-hydroxylation sites is 2. The number of thioether (sulfide) groups is 1. The van der Waals surface area contributed by atoms with Gasteiger partial charge >= 0.3 is 0 Å². The number of nitriles is 1. The first-order chi connectivity index (χ1) is 16.6. The Morgan fingerprint density at radius 3 is 2.68 bits per heavy atom. The number of amides is 1. The van der Waals surface area contributed by atoms with Gasteiger partial charge in [0.05, 0.1) is 27.4 Å². The summed E-state index contributed by atoms with van der Waals surface area (Å²) in [5.41, 5.74) is 2.79. The van der Waals surface area contributed by atoms with Crippen molar-refractivity contribution >= 4 is 44.9 Å². The van der Waals surface area contributed by atoms with E-state index in [1.807, 2.05) is 42.5 Å². The minimum Gasteiger partial charge on any atom is -0.316 e. The molecule has 6 nitrogen and oxygen atoms in total. The van der Waals surface area contributed by atoms with Gasteiger partial charge in [-0.1, -0.05) is 42.1 Å². The van der Waals surface area contributed by atoms with Crippen molar-refractivity contribution in [1.82, 2.24) is 9.55 Å². The molecular formula is C26H22N4O2S2. The van der Waals surface area contributed by atoms with E-state index in [-0.39, 0.29) is 11.5 Å². The van der Waals surface area contributed by atoms with E-state index in [1.54, 1.807) is 23.6 Å². The molecule has 2 heterocycles. The molecular weight excluding hydrogens is 464 g/mol. The standard InChI is InChI=1S/C26H22N4O2S2/c1-16(23(31)29-24-20(15-27)18-11-6-8-14-22(18)34-24)33-26-28-21-13-7-5-12-19(21)25(32)30(26)17-9-3-2-4-10-17/h2-5,7,9-10,12-13,16H,6,8,11,14H2,1H3,(H,29,31). The summed E-state index contributed by atoms with van der Waals surface area (Å²) in [6, 6.07) is 18.8. The van der Waals surface area contributed by atoms with Crippen LogP contribution in [0.3, 0.4) is 0 Å². The molecule has 1 atom stereocenters. The molecule has 0 saturated carbocycles. The fourth-order valence-electron chi connectivity index (χ4n) is 4.19. The lowest BCUT2D eigenvalue weighted by molar-refractivity contribution is -0.115. The summed E-state index contributed by atoms with van der Waals surface area (Å²) >= 11 is 2.74. The number of hydrogen-bond donors (Lipinski definition) is 1. The van der Waals surface area contributed by atoms with E-state index in [4.69, 9.17) is 4.98 Å². The highest BCUT2D eigenvalue weighted by atomic mass is 32.2. The molecule has 0 aliphatic heterocycles. The number of thiophene rings is 1. The molecule has 0 saturated heterocycles. The molecule has 1 amide bonds. The largest absolute Gasteiger partial charge is 0.316 e. The number of rotatable bonds is 5. The number of anilines is 1. The molecule has 1 N–H and O–H groups in total. The van der Waals surface area contributed by atoms with Crippen molar-refractivity contribution in [2.45, 2.75) is 43.0 Å². The van der Waals surface area contributed by atoms with Crippen LogP contribution in [0.1, 0.15) is 35.8 Å². The van der Waals surface area contributed by atoms with Gasteiger partial charge in [-0.2, -0.15) is 5.26 Å². The lowest BCUT2D eigenvalue weighted by Crippen LogP contribution is -2.26. The van der Waals surface area contributed by atoms with E-state index < -0.39 is 5.25 Å². The van der Waals surface area contributed by atoms with E-state index in [9.17, 15) is 14.9 Å². The summed E-state index contributed by atoms with van der Waals surface area (Å²) in [5, 5.41) is 13.7. The molecule has 2 aromatic heterocycles. The Morgan fingerprint density at radius 2 is 1.88 bits per heavy atom. The molecule has 5 rings (SSSR count). The fraction of sp³-hybridized carbons (Fsp3) is 0.231. The van der Waals surface area contributed by atoms with Crippen LogP contribution in [0.4, 0.5) is 5.00 Å². The maximum atomic E-state index is 13.4. The van der Waals surface area contributed by atoms with Gasteiger partial charge in [0.15, 0.2) is 5.16 Å². The van der Waals surface area contributed by atoms with Crippen LogP contribution in [0.15, 0.2) is 64.5 Å². The van der Waals surface area contributed by atoms with Crippen molar-refractivity contribution < 1.29 is 4.79 Å². The number of nitrogens with zero attached hydrogens (tertiary/aromatic N) is 3. The summed E-state index contributed by atoms with van der Waals surface area (Å²) < 4.78 is 1.56. The van der Waals surface area contributed by atoms with Crippen LogP contribution in [0.5, 0.6) is 0 Å². The van der Waals surface area contributed by atoms with Gasteiger partial charge in [-0.3, -0.25) is 14.2 Å². The molecule has 2 aromatic carbocycles. The SMILES string of the molecule is CC(Sc1nc2ccccc2c(=O)n1-c1ccccc1)C(=O)Nc1sc2c(c1C#N)CCCC2. The van der Waals surface area contributed by atoms with Gasteiger partial charge in [0, 0.05) is 4.88 Å². The molecule has 1 aliphatic carbocycles. The van der Waals surface area contributed by atoms with Crippen molar-refractivity contribution in [2.24, 2.45) is 0 Å². The number of fused-ring (bicyclic) bond motifs is 2. The summed E-state index contributed by atoms with van der Waals surface area (Å²) in [7, 11) is 0. The van der Waals surface area contributed by atoms with Crippen LogP contribution >= 0.6 is 23.1 Å². The van der Waals surface area contributed by atoms with Gasteiger partial charge in [-0.15, -0.1) is 11.3 Å². The number of nitrogens with one attached hydrogen (secondary N) is 1. The van der Waals surface area contributed by atoms with Crippen LogP contribution in [-0.4, -0.2) is 20.7 Å². The highest BCUT2D eigenvalue weighted by Gasteiger charge is 2.25. The minimum absolute atomic E-state index is 0.176. The fourth-order valence-corrected chi connectivity index (χ4v) is 6.36. The van der Waals surface area contributed by atoms with Crippen molar-refractivity contribution in [1.29, 1.82) is 5.26 Å². The Morgan fingerprint density at radius 1 is 1.15 bits per heavy atom. The van der Waals surface area contributed by atoms with E-state index in [2.05, 4.69) is 11.4 Å². The number of benzene rings is 2. The first-order valence-electron chi connectivity index (χ1n) is 11.2. The second-order valence-electron chi connectivity index (χ2n) is 8.16. The molecule has 1 aliphatic rings. The maximum Gasteiger partial charge on any atom is 0.266 e.